The van der Waals surface area contributed by atoms with E-state index in [1.54, 1.807) is 0 Å². The van der Waals surface area contributed by atoms with Gasteiger partial charge in [-0.1, -0.05) is 60.2 Å². The number of carbonyl (C=O) groups is 2. The van der Waals surface area contributed by atoms with Crippen molar-refractivity contribution in [3.8, 4) is 11.5 Å². The Morgan fingerprint density at radius 1 is 1.00 bits per heavy atom. The molecule has 9 nitrogen and oxygen atoms in total. The lowest BCUT2D eigenvalue weighted by atomic mass is 10.0. The van der Waals surface area contributed by atoms with E-state index in [1.807, 2.05) is 82.3 Å². The summed E-state index contributed by atoms with van der Waals surface area (Å²) < 4.78 is 10.8. The summed E-state index contributed by atoms with van der Waals surface area (Å²) in [6, 6.07) is 20.5. The second-order valence-corrected chi connectivity index (χ2v) is 10.3. The van der Waals surface area contributed by atoms with Crippen molar-refractivity contribution in [1.29, 1.82) is 0 Å². The maximum atomic E-state index is 13.7. The van der Waals surface area contributed by atoms with Crippen molar-refractivity contribution in [3.63, 3.8) is 0 Å². The smallest absolute Gasteiger partial charge is 0.311 e. The highest BCUT2D eigenvalue weighted by molar-refractivity contribution is 5.89. The number of carbonyl (C=O) groups excluding carboxylic acids is 2. The molecule has 39 heavy (non-hydrogen) atoms. The molecular formula is C30H35N3O6. The van der Waals surface area contributed by atoms with Gasteiger partial charge in [0.15, 0.2) is 6.61 Å². The highest BCUT2D eigenvalue weighted by Gasteiger charge is 2.32. The average Bonchev–Trinajstić information content (AvgIpc) is 2.89. The Morgan fingerprint density at radius 2 is 1.67 bits per heavy atom. The summed E-state index contributed by atoms with van der Waals surface area (Å²) in [7, 11) is 1.32. The Bertz CT molecular complexity index is 1290. The monoisotopic (exact) mass is 533 g/mol. The van der Waals surface area contributed by atoms with Crippen LogP contribution in [0.2, 0.25) is 0 Å². The predicted octanol–water partition coefficient (Wildman–Crippen LogP) is 4.85. The maximum absolute atomic E-state index is 13.7. The molecule has 3 rings (SSSR count). The third kappa shape index (κ3) is 8.56. The zero-order valence-electron chi connectivity index (χ0n) is 23.0. The summed E-state index contributed by atoms with van der Waals surface area (Å²) >= 11 is 0. The summed E-state index contributed by atoms with van der Waals surface area (Å²) in [5, 5.41) is 14.2. The van der Waals surface area contributed by atoms with E-state index >= 15 is 0 Å². The van der Waals surface area contributed by atoms with Crippen molar-refractivity contribution in [3.05, 3.63) is 99.6 Å². The molecule has 0 heterocycles. The first-order valence-corrected chi connectivity index (χ1v) is 12.6. The van der Waals surface area contributed by atoms with E-state index < -0.39 is 22.4 Å². The summed E-state index contributed by atoms with van der Waals surface area (Å²) in [4.78, 5) is 39.5. The van der Waals surface area contributed by atoms with Crippen LogP contribution < -0.4 is 14.8 Å². The number of nitro benzene ring substituents is 1. The van der Waals surface area contributed by atoms with Gasteiger partial charge in [0, 0.05) is 30.6 Å². The summed E-state index contributed by atoms with van der Waals surface area (Å²) in [5.41, 5.74) is 2.15. The molecule has 0 unspecified atom stereocenters. The Morgan fingerprint density at radius 3 is 2.26 bits per heavy atom. The molecule has 1 N–H and O–H groups in total. The number of nitrogens with zero attached hydrogens (tertiary/aromatic N) is 2. The molecular weight excluding hydrogens is 498 g/mol. The number of nitro groups is 1. The van der Waals surface area contributed by atoms with Gasteiger partial charge in [-0.3, -0.25) is 19.7 Å². The minimum Gasteiger partial charge on any atom is -0.490 e. The van der Waals surface area contributed by atoms with Crippen LogP contribution in [0, 0.1) is 17.0 Å². The van der Waals surface area contributed by atoms with Crippen LogP contribution in [0.15, 0.2) is 72.8 Å². The average molecular weight is 534 g/mol. The molecule has 0 aromatic heterocycles. The SMILES string of the molecule is COc1cc(OCC(=O)N(Cc2ccc(C)cc2)[C@H](Cc2ccccc2)C(=O)NC(C)(C)C)ccc1[N+](=O)[O-]. The number of hydrogen-bond donors (Lipinski definition) is 1. The van der Waals surface area contributed by atoms with Crippen molar-refractivity contribution < 1.29 is 24.0 Å². The van der Waals surface area contributed by atoms with E-state index in [1.165, 1.54) is 30.2 Å². The minimum absolute atomic E-state index is 0.0213. The number of rotatable bonds is 11. The Kier molecular flexibility index (Phi) is 9.65. The Balaban J connectivity index is 1.93. The third-order valence-corrected chi connectivity index (χ3v) is 5.95. The molecule has 0 saturated heterocycles. The number of benzene rings is 3. The zero-order chi connectivity index (χ0) is 28.6. The summed E-state index contributed by atoms with van der Waals surface area (Å²) in [6.07, 6.45) is 0.311. The lowest BCUT2D eigenvalue weighted by Crippen LogP contribution is -2.55. The van der Waals surface area contributed by atoms with Crippen LogP contribution in [0.5, 0.6) is 11.5 Å². The predicted molar refractivity (Wildman–Crippen MR) is 149 cm³/mol. The molecule has 0 aliphatic heterocycles. The van der Waals surface area contributed by atoms with Crippen molar-refractivity contribution in [2.24, 2.45) is 0 Å². The number of methoxy groups -OCH3 is 1. The number of aryl methyl sites for hydroxylation is 1. The first kappa shape index (κ1) is 29.2. The molecule has 9 heteroatoms. The fourth-order valence-corrected chi connectivity index (χ4v) is 4.02. The van der Waals surface area contributed by atoms with E-state index in [0.717, 1.165) is 16.7 Å². The van der Waals surface area contributed by atoms with Crippen molar-refractivity contribution in [1.82, 2.24) is 10.2 Å². The molecule has 0 saturated carbocycles. The van der Waals surface area contributed by atoms with Crippen molar-refractivity contribution in [2.75, 3.05) is 13.7 Å². The van der Waals surface area contributed by atoms with E-state index in [9.17, 15) is 19.7 Å². The first-order chi connectivity index (χ1) is 18.5. The number of hydrogen-bond acceptors (Lipinski definition) is 6. The van der Waals surface area contributed by atoms with Crippen molar-refractivity contribution in [2.45, 2.75) is 52.2 Å². The van der Waals surface area contributed by atoms with Crippen LogP contribution >= 0.6 is 0 Å². The third-order valence-electron chi connectivity index (χ3n) is 5.95. The number of ether oxygens (including phenoxy) is 2. The normalized spacial score (nSPS) is 11.8. The van der Waals surface area contributed by atoms with Gasteiger partial charge in [0.2, 0.25) is 11.7 Å². The molecule has 3 aromatic rings. The van der Waals surface area contributed by atoms with Gasteiger partial charge < -0.3 is 19.7 Å². The van der Waals surface area contributed by atoms with Gasteiger partial charge in [-0.2, -0.15) is 0 Å². The van der Waals surface area contributed by atoms with Gasteiger partial charge in [0.1, 0.15) is 11.8 Å². The Hall–Kier alpha value is -4.40. The molecule has 3 aromatic carbocycles. The maximum Gasteiger partial charge on any atom is 0.311 e. The van der Waals surface area contributed by atoms with Crippen LogP contribution in [0.1, 0.15) is 37.5 Å². The molecule has 1 atom stereocenters. The first-order valence-electron chi connectivity index (χ1n) is 12.6. The Labute approximate surface area is 228 Å². The lowest BCUT2D eigenvalue weighted by molar-refractivity contribution is -0.385. The topological polar surface area (TPSA) is 111 Å². The molecule has 0 radical (unpaired) electrons. The van der Waals surface area contributed by atoms with Gasteiger partial charge in [-0.25, -0.2) is 0 Å². The second kappa shape index (κ2) is 12.9. The van der Waals surface area contributed by atoms with Gasteiger partial charge >= 0.3 is 5.69 Å². The molecule has 0 fully saturated rings. The molecule has 206 valence electrons. The quantitative estimate of drug-likeness (QED) is 0.279. The summed E-state index contributed by atoms with van der Waals surface area (Å²) in [5.74, 6) is -0.422. The van der Waals surface area contributed by atoms with Gasteiger partial charge in [-0.15, -0.1) is 0 Å². The van der Waals surface area contributed by atoms with E-state index in [4.69, 9.17) is 9.47 Å². The molecule has 0 bridgehead atoms. The van der Waals surface area contributed by atoms with Crippen LogP contribution in [0.4, 0.5) is 5.69 Å². The standard InChI is InChI=1S/C30H35N3O6/c1-21-11-13-23(14-12-21)19-32(26(29(35)31-30(2,3)4)17-22-9-7-6-8-10-22)28(34)20-39-24-15-16-25(33(36)37)27(18-24)38-5/h6-16,18,26H,17,19-20H2,1-5H3,(H,31,35)/t26-/m1/s1. The fourth-order valence-electron chi connectivity index (χ4n) is 4.02. The highest BCUT2D eigenvalue weighted by atomic mass is 16.6. The highest BCUT2D eigenvalue weighted by Crippen LogP contribution is 2.31. The van der Waals surface area contributed by atoms with Gasteiger partial charge in [0.25, 0.3) is 5.91 Å². The number of nitrogens with one attached hydrogen (secondary N) is 1. The minimum atomic E-state index is -0.810. The molecule has 0 aliphatic carbocycles. The van der Waals surface area contributed by atoms with Gasteiger partial charge in [0.05, 0.1) is 12.0 Å². The molecule has 2 amide bonds. The van der Waals surface area contributed by atoms with E-state index in [2.05, 4.69) is 5.32 Å². The molecule has 0 aliphatic rings. The summed E-state index contributed by atoms with van der Waals surface area (Å²) in [6.45, 7) is 7.47. The van der Waals surface area contributed by atoms with Gasteiger partial charge in [-0.05, 0) is 44.9 Å². The van der Waals surface area contributed by atoms with Crippen LogP contribution in [-0.4, -0.2) is 46.9 Å². The largest absolute Gasteiger partial charge is 0.490 e. The number of amides is 2. The zero-order valence-corrected chi connectivity index (χ0v) is 23.0. The van der Waals surface area contributed by atoms with E-state index in [0.29, 0.717) is 6.42 Å². The second-order valence-electron chi connectivity index (χ2n) is 10.3. The molecule has 0 spiro atoms. The lowest BCUT2D eigenvalue weighted by Gasteiger charge is -2.33. The van der Waals surface area contributed by atoms with Crippen LogP contribution in [0.3, 0.4) is 0 Å². The van der Waals surface area contributed by atoms with Crippen LogP contribution in [0.25, 0.3) is 0 Å². The van der Waals surface area contributed by atoms with Crippen LogP contribution in [-0.2, 0) is 22.6 Å². The van der Waals surface area contributed by atoms with E-state index in [-0.39, 0.29) is 36.2 Å². The van der Waals surface area contributed by atoms with Crippen molar-refractivity contribution >= 4 is 17.5 Å². The fraction of sp³-hybridized carbons (Fsp3) is 0.333.